The molecule has 4 rings (SSSR count). The normalized spacial score (nSPS) is 10.9. The molecule has 0 unspecified atom stereocenters. The number of thiazole rings is 1. The van der Waals surface area contributed by atoms with Crippen molar-refractivity contribution < 1.29 is 4.39 Å². The van der Waals surface area contributed by atoms with E-state index in [0.29, 0.717) is 5.56 Å². The van der Waals surface area contributed by atoms with Crippen molar-refractivity contribution in [3.63, 3.8) is 0 Å². The van der Waals surface area contributed by atoms with Gasteiger partial charge in [-0.1, -0.05) is 30.3 Å². The minimum absolute atomic E-state index is 0.191. The molecular weight excluding hydrogens is 319 g/mol. The van der Waals surface area contributed by atoms with E-state index in [1.54, 1.807) is 13.0 Å². The van der Waals surface area contributed by atoms with Crippen LogP contribution in [-0.2, 0) is 0 Å². The van der Waals surface area contributed by atoms with Gasteiger partial charge in [0.25, 0.3) is 0 Å². The van der Waals surface area contributed by atoms with Gasteiger partial charge < -0.3 is 5.32 Å². The molecule has 0 radical (unpaired) electrons. The molecule has 1 N–H and O–H groups in total. The van der Waals surface area contributed by atoms with Gasteiger partial charge in [0.05, 0.1) is 5.69 Å². The molecule has 0 aliphatic rings. The van der Waals surface area contributed by atoms with Crippen LogP contribution in [0.15, 0.2) is 66.0 Å². The van der Waals surface area contributed by atoms with Crippen LogP contribution in [0, 0.1) is 12.7 Å². The number of benzene rings is 3. The molecule has 1 aromatic heterocycles. The minimum atomic E-state index is -0.191. The van der Waals surface area contributed by atoms with Gasteiger partial charge in [-0.05, 0) is 53.6 Å². The first-order valence-electron chi connectivity index (χ1n) is 7.67. The number of halogens is 1. The van der Waals surface area contributed by atoms with Gasteiger partial charge in [-0.3, -0.25) is 0 Å². The molecular formula is C20H15FN2S. The van der Waals surface area contributed by atoms with Gasteiger partial charge >= 0.3 is 0 Å². The van der Waals surface area contributed by atoms with Gasteiger partial charge in [-0.15, -0.1) is 11.3 Å². The second kappa shape index (κ2) is 6.06. The average Bonchev–Trinajstić information content (AvgIpc) is 3.06. The Labute approximate surface area is 143 Å². The summed E-state index contributed by atoms with van der Waals surface area (Å²) >= 11 is 1.54. The first kappa shape index (κ1) is 14.8. The van der Waals surface area contributed by atoms with Gasteiger partial charge in [0, 0.05) is 16.6 Å². The summed E-state index contributed by atoms with van der Waals surface area (Å²) in [6, 6.07) is 19.6. The van der Waals surface area contributed by atoms with Gasteiger partial charge in [-0.25, -0.2) is 9.37 Å². The highest BCUT2D eigenvalue weighted by Gasteiger charge is 2.07. The average molecular weight is 334 g/mol. The Hall–Kier alpha value is -2.72. The molecule has 0 fully saturated rings. The Kier molecular flexibility index (Phi) is 3.75. The van der Waals surface area contributed by atoms with Crippen molar-refractivity contribution >= 4 is 32.9 Å². The van der Waals surface area contributed by atoms with Crippen molar-refractivity contribution in [1.82, 2.24) is 4.98 Å². The molecule has 2 nitrogen and oxygen atoms in total. The van der Waals surface area contributed by atoms with Crippen molar-refractivity contribution in [2.45, 2.75) is 6.92 Å². The molecule has 118 valence electrons. The molecule has 24 heavy (non-hydrogen) atoms. The fourth-order valence-electron chi connectivity index (χ4n) is 2.66. The molecule has 0 amide bonds. The number of nitrogens with zero attached hydrogens (tertiary/aromatic N) is 1. The quantitative estimate of drug-likeness (QED) is 0.486. The van der Waals surface area contributed by atoms with Crippen LogP contribution in [0.4, 0.5) is 15.2 Å². The summed E-state index contributed by atoms with van der Waals surface area (Å²) < 4.78 is 13.4. The van der Waals surface area contributed by atoms with E-state index in [1.807, 2.05) is 29.6 Å². The van der Waals surface area contributed by atoms with Gasteiger partial charge in [0.15, 0.2) is 5.13 Å². The van der Waals surface area contributed by atoms with Gasteiger partial charge in [-0.2, -0.15) is 0 Å². The maximum absolute atomic E-state index is 13.4. The highest BCUT2D eigenvalue weighted by atomic mass is 32.1. The Morgan fingerprint density at radius 1 is 0.958 bits per heavy atom. The summed E-state index contributed by atoms with van der Waals surface area (Å²) in [6.45, 7) is 1.76. The molecule has 1 heterocycles. The van der Waals surface area contributed by atoms with Crippen molar-refractivity contribution in [3.05, 3.63) is 77.4 Å². The lowest BCUT2D eigenvalue weighted by atomic mass is 10.1. The summed E-state index contributed by atoms with van der Waals surface area (Å²) in [6.07, 6.45) is 0. The molecule has 4 heteroatoms. The summed E-state index contributed by atoms with van der Waals surface area (Å²) in [5.74, 6) is -0.191. The standard InChI is InChI=1S/C20H15FN2S/c1-13-10-16(7-9-18(13)21)19-12-24-20(23-19)22-17-8-6-14-4-2-3-5-15(14)11-17/h2-12H,1H3,(H,22,23). The van der Waals surface area contributed by atoms with E-state index in [-0.39, 0.29) is 5.82 Å². The monoisotopic (exact) mass is 334 g/mol. The topological polar surface area (TPSA) is 24.9 Å². The van der Waals surface area contributed by atoms with Crippen molar-refractivity contribution in [1.29, 1.82) is 0 Å². The lowest BCUT2D eigenvalue weighted by Crippen LogP contribution is -1.90. The van der Waals surface area contributed by atoms with Crippen molar-refractivity contribution in [3.8, 4) is 11.3 Å². The first-order chi connectivity index (χ1) is 11.7. The molecule has 3 aromatic carbocycles. The summed E-state index contributed by atoms with van der Waals surface area (Å²) in [5, 5.41) is 8.55. The highest BCUT2D eigenvalue weighted by Crippen LogP contribution is 2.29. The summed E-state index contributed by atoms with van der Waals surface area (Å²) in [5.41, 5.74) is 3.41. The van der Waals surface area contributed by atoms with Crippen LogP contribution in [0.2, 0.25) is 0 Å². The second-order valence-electron chi connectivity index (χ2n) is 5.69. The minimum Gasteiger partial charge on any atom is -0.332 e. The number of hydrogen-bond acceptors (Lipinski definition) is 3. The second-order valence-corrected chi connectivity index (χ2v) is 6.55. The van der Waals surface area contributed by atoms with Crippen LogP contribution >= 0.6 is 11.3 Å². The Morgan fingerprint density at radius 2 is 1.79 bits per heavy atom. The lowest BCUT2D eigenvalue weighted by molar-refractivity contribution is 0.619. The molecule has 0 bridgehead atoms. The maximum Gasteiger partial charge on any atom is 0.187 e. The van der Waals surface area contributed by atoms with Crippen LogP contribution in [0.25, 0.3) is 22.0 Å². The number of hydrogen-bond donors (Lipinski definition) is 1. The van der Waals surface area contributed by atoms with Gasteiger partial charge in [0.1, 0.15) is 5.82 Å². The Balaban J connectivity index is 1.61. The molecule has 0 aliphatic carbocycles. The number of aromatic nitrogens is 1. The lowest BCUT2D eigenvalue weighted by Gasteiger charge is -2.04. The Morgan fingerprint density at radius 3 is 2.62 bits per heavy atom. The van der Waals surface area contributed by atoms with Crippen LogP contribution in [0.5, 0.6) is 0 Å². The van der Waals surface area contributed by atoms with Crippen molar-refractivity contribution in [2.75, 3.05) is 5.32 Å². The molecule has 0 aliphatic heterocycles. The number of anilines is 2. The van der Waals surface area contributed by atoms with E-state index >= 15 is 0 Å². The number of fused-ring (bicyclic) bond motifs is 1. The fraction of sp³-hybridized carbons (Fsp3) is 0.0500. The fourth-order valence-corrected chi connectivity index (χ4v) is 3.40. The SMILES string of the molecule is Cc1cc(-c2csc(Nc3ccc4ccccc4c3)n2)ccc1F. The van der Waals surface area contributed by atoms with Crippen molar-refractivity contribution in [2.24, 2.45) is 0 Å². The van der Waals surface area contributed by atoms with Gasteiger partial charge in [0.2, 0.25) is 0 Å². The zero-order valence-electron chi connectivity index (χ0n) is 13.1. The largest absolute Gasteiger partial charge is 0.332 e. The van der Waals surface area contributed by atoms with E-state index in [4.69, 9.17) is 0 Å². The predicted molar refractivity (Wildman–Crippen MR) is 99.5 cm³/mol. The van der Waals surface area contributed by atoms with E-state index in [2.05, 4.69) is 34.6 Å². The molecule has 0 spiro atoms. The third-order valence-corrected chi connectivity index (χ3v) is 4.72. The predicted octanol–water partition coefficient (Wildman–Crippen LogP) is 6.15. The van der Waals surface area contributed by atoms with E-state index < -0.39 is 0 Å². The van der Waals surface area contributed by atoms with Crippen LogP contribution in [-0.4, -0.2) is 4.98 Å². The zero-order chi connectivity index (χ0) is 16.5. The summed E-state index contributed by atoms with van der Waals surface area (Å²) in [4.78, 5) is 4.61. The maximum atomic E-state index is 13.4. The van der Waals surface area contributed by atoms with E-state index in [1.165, 1.54) is 28.2 Å². The third-order valence-electron chi connectivity index (χ3n) is 3.96. The Bertz CT molecular complexity index is 1020. The number of aryl methyl sites for hydroxylation is 1. The van der Waals surface area contributed by atoms with Crippen LogP contribution in [0.1, 0.15) is 5.56 Å². The van der Waals surface area contributed by atoms with E-state index in [0.717, 1.165) is 22.1 Å². The number of nitrogens with one attached hydrogen (secondary N) is 1. The number of rotatable bonds is 3. The molecule has 4 aromatic rings. The third kappa shape index (κ3) is 2.88. The highest BCUT2D eigenvalue weighted by molar-refractivity contribution is 7.14. The summed E-state index contributed by atoms with van der Waals surface area (Å²) in [7, 11) is 0. The zero-order valence-corrected chi connectivity index (χ0v) is 13.9. The molecule has 0 saturated carbocycles. The first-order valence-corrected chi connectivity index (χ1v) is 8.55. The molecule has 0 atom stereocenters. The van der Waals surface area contributed by atoms with Crippen LogP contribution < -0.4 is 5.32 Å². The molecule has 0 saturated heterocycles. The van der Waals surface area contributed by atoms with E-state index in [9.17, 15) is 4.39 Å². The van der Waals surface area contributed by atoms with Crippen LogP contribution in [0.3, 0.4) is 0 Å². The smallest absolute Gasteiger partial charge is 0.187 e.